The van der Waals surface area contributed by atoms with Gasteiger partial charge in [-0.3, -0.25) is 9.59 Å². The van der Waals surface area contributed by atoms with Crippen LogP contribution in [-0.2, 0) is 22.7 Å². The van der Waals surface area contributed by atoms with E-state index < -0.39 is 0 Å². The summed E-state index contributed by atoms with van der Waals surface area (Å²) in [7, 11) is 3.73. The first kappa shape index (κ1) is 22.4. The number of likely N-dealkylation sites (tertiary alicyclic amines) is 1. The lowest BCUT2D eigenvalue weighted by Crippen LogP contribution is -2.40. The molecule has 0 spiro atoms. The molecule has 0 unspecified atom stereocenters. The van der Waals surface area contributed by atoms with Crippen molar-refractivity contribution in [1.29, 1.82) is 0 Å². The Balaban J connectivity index is 1.67. The van der Waals surface area contributed by atoms with Crippen molar-refractivity contribution < 1.29 is 14.1 Å². The predicted octanol–water partition coefficient (Wildman–Crippen LogP) is 2.66. The summed E-state index contributed by atoms with van der Waals surface area (Å²) in [6, 6.07) is 11.6. The Morgan fingerprint density at radius 2 is 1.97 bits per heavy atom. The molecule has 4 rings (SSSR count). The summed E-state index contributed by atoms with van der Waals surface area (Å²) in [5, 5.41) is 3.98. The highest BCUT2D eigenvalue weighted by molar-refractivity contribution is 5.86. The van der Waals surface area contributed by atoms with Gasteiger partial charge in [0.05, 0.1) is 30.0 Å². The van der Waals surface area contributed by atoms with Crippen LogP contribution in [0.15, 0.2) is 47.1 Å². The maximum atomic E-state index is 13.4. The van der Waals surface area contributed by atoms with Gasteiger partial charge < -0.3 is 19.2 Å². The van der Waals surface area contributed by atoms with Gasteiger partial charge in [0.25, 0.3) is 0 Å². The highest BCUT2D eigenvalue weighted by Crippen LogP contribution is 2.26. The molecular formula is C24H28N6O3. The Kier molecular flexibility index (Phi) is 6.67. The molecule has 9 heteroatoms. The maximum absolute atomic E-state index is 13.4. The summed E-state index contributed by atoms with van der Waals surface area (Å²) in [5.74, 6) is 0.984. The summed E-state index contributed by atoms with van der Waals surface area (Å²) < 4.78 is 5.47. The summed E-state index contributed by atoms with van der Waals surface area (Å²) >= 11 is 0. The van der Waals surface area contributed by atoms with Crippen molar-refractivity contribution >= 4 is 17.8 Å². The molecule has 0 aliphatic carbocycles. The zero-order valence-electron chi connectivity index (χ0n) is 19.2. The molecule has 3 aromatic rings. The van der Waals surface area contributed by atoms with Crippen molar-refractivity contribution in [2.75, 3.05) is 32.1 Å². The van der Waals surface area contributed by atoms with E-state index in [4.69, 9.17) is 9.51 Å². The molecule has 2 aromatic heterocycles. The molecule has 0 N–H and O–H groups in total. The smallest absolute Gasteiger partial charge is 0.242 e. The SMILES string of the molecule is Cc1cc(-c2cnc(N(C)C)nc2CN(Cc2ccccc2)C(=O)CN2CCCC2=O)on1. The van der Waals surface area contributed by atoms with Crippen molar-refractivity contribution in [2.45, 2.75) is 32.9 Å². The maximum Gasteiger partial charge on any atom is 0.242 e. The van der Waals surface area contributed by atoms with Crippen molar-refractivity contribution in [3.63, 3.8) is 0 Å². The molecule has 1 aromatic carbocycles. The number of hydrogen-bond acceptors (Lipinski definition) is 7. The average Bonchev–Trinajstić information content (AvgIpc) is 3.41. The Hall–Kier alpha value is -3.75. The van der Waals surface area contributed by atoms with Crippen LogP contribution in [0.3, 0.4) is 0 Å². The molecule has 0 bridgehead atoms. The van der Waals surface area contributed by atoms with Crippen LogP contribution in [0, 0.1) is 6.92 Å². The minimum absolute atomic E-state index is 0.0257. The Bertz CT molecular complexity index is 1130. The number of hydrogen-bond donors (Lipinski definition) is 0. The number of benzene rings is 1. The van der Waals surface area contributed by atoms with Gasteiger partial charge in [0.1, 0.15) is 0 Å². The van der Waals surface area contributed by atoms with Crippen molar-refractivity contribution in [1.82, 2.24) is 24.9 Å². The fourth-order valence-corrected chi connectivity index (χ4v) is 3.79. The molecule has 0 saturated carbocycles. The van der Waals surface area contributed by atoms with Gasteiger partial charge in [0, 0.05) is 45.9 Å². The molecule has 172 valence electrons. The van der Waals surface area contributed by atoms with Crippen LogP contribution in [-0.4, -0.2) is 63.9 Å². The number of carbonyl (C=O) groups excluding carboxylic acids is 2. The molecular weight excluding hydrogens is 420 g/mol. The molecule has 33 heavy (non-hydrogen) atoms. The number of amides is 2. The van der Waals surface area contributed by atoms with Crippen molar-refractivity contribution in [3.05, 3.63) is 59.5 Å². The molecule has 9 nitrogen and oxygen atoms in total. The fourth-order valence-electron chi connectivity index (χ4n) is 3.79. The van der Waals surface area contributed by atoms with Crippen LogP contribution in [0.1, 0.15) is 29.8 Å². The topological polar surface area (TPSA) is 95.7 Å². The highest BCUT2D eigenvalue weighted by atomic mass is 16.5. The number of nitrogens with zero attached hydrogens (tertiary/aromatic N) is 6. The van der Waals surface area contributed by atoms with E-state index in [9.17, 15) is 9.59 Å². The highest BCUT2D eigenvalue weighted by Gasteiger charge is 2.26. The summed E-state index contributed by atoms with van der Waals surface area (Å²) in [6.07, 6.45) is 2.99. The van der Waals surface area contributed by atoms with Gasteiger partial charge >= 0.3 is 0 Å². The number of aromatic nitrogens is 3. The predicted molar refractivity (Wildman–Crippen MR) is 123 cm³/mol. The first-order valence-corrected chi connectivity index (χ1v) is 11.0. The molecule has 3 heterocycles. The van der Waals surface area contributed by atoms with Crippen molar-refractivity contribution in [2.24, 2.45) is 0 Å². The van der Waals surface area contributed by atoms with Gasteiger partial charge in [-0.1, -0.05) is 35.5 Å². The molecule has 1 saturated heterocycles. The van der Waals surface area contributed by atoms with Crippen LogP contribution in [0.25, 0.3) is 11.3 Å². The van der Waals surface area contributed by atoms with Gasteiger partial charge in [0.15, 0.2) is 5.76 Å². The lowest BCUT2D eigenvalue weighted by atomic mass is 10.1. The second-order valence-electron chi connectivity index (χ2n) is 8.41. The third kappa shape index (κ3) is 5.36. The Morgan fingerprint density at radius 1 is 1.18 bits per heavy atom. The van der Waals surface area contributed by atoms with Gasteiger partial charge in [0.2, 0.25) is 17.8 Å². The first-order valence-electron chi connectivity index (χ1n) is 11.0. The van der Waals surface area contributed by atoms with Gasteiger partial charge in [-0.15, -0.1) is 0 Å². The van der Waals surface area contributed by atoms with Gasteiger partial charge in [-0.2, -0.15) is 0 Å². The van der Waals surface area contributed by atoms with E-state index in [1.54, 1.807) is 16.0 Å². The lowest BCUT2D eigenvalue weighted by Gasteiger charge is -2.26. The minimum atomic E-state index is -0.126. The Morgan fingerprint density at radius 3 is 2.61 bits per heavy atom. The summed E-state index contributed by atoms with van der Waals surface area (Å²) in [4.78, 5) is 39.8. The zero-order valence-corrected chi connectivity index (χ0v) is 19.2. The number of rotatable bonds is 8. The van der Waals surface area contributed by atoms with Gasteiger partial charge in [-0.05, 0) is 18.9 Å². The molecule has 0 atom stereocenters. The second-order valence-corrected chi connectivity index (χ2v) is 8.41. The summed E-state index contributed by atoms with van der Waals surface area (Å²) in [5.41, 5.74) is 3.08. The number of anilines is 1. The number of aryl methyl sites for hydroxylation is 1. The first-order chi connectivity index (χ1) is 15.9. The quantitative estimate of drug-likeness (QED) is 0.523. The third-order valence-corrected chi connectivity index (χ3v) is 5.56. The minimum Gasteiger partial charge on any atom is -0.356 e. The normalized spacial score (nSPS) is 13.4. The number of carbonyl (C=O) groups is 2. The van der Waals surface area contributed by atoms with Gasteiger partial charge in [-0.25, -0.2) is 9.97 Å². The third-order valence-electron chi connectivity index (χ3n) is 5.56. The van der Waals surface area contributed by atoms with E-state index in [1.165, 1.54) is 0 Å². The van der Waals surface area contributed by atoms with E-state index >= 15 is 0 Å². The van der Waals surface area contributed by atoms with Crippen molar-refractivity contribution in [3.8, 4) is 11.3 Å². The second kappa shape index (κ2) is 9.81. The molecule has 0 radical (unpaired) electrons. The van der Waals surface area contributed by atoms with Crippen LogP contribution in [0.2, 0.25) is 0 Å². The van der Waals surface area contributed by atoms with Crippen LogP contribution < -0.4 is 4.90 Å². The monoisotopic (exact) mass is 448 g/mol. The summed E-state index contributed by atoms with van der Waals surface area (Å²) in [6.45, 7) is 3.17. The van der Waals surface area contributed by atoms with Crippen LogP contribution in [0.5, 0.6) is 0 Å². The lowest BCUT2D eigenvalue weighted by molar-refractivity contribution is -0.139. The Labute approximate surface area is 193 Å². The molecule has 1 fully saturated rings. The fraction of sp³-hybridized carbons (Fsp3) is 0.375. The van der Waals surface area contributed by atoms with E-state index in [-0.39, 0.29) is 24.9 Å². The molecule has 1 aliphatic heterocycles. The zero-order chi connectivity index (χ0) is 23.4. The van der Waals surface area contributed by atoms with E-state index in [2.05, 4.69) is 10.1 Å². The van der Waals surface area contributed by atoms with Crippen LogP contribution >= 0.6 is 0 Å². The van der Waals surface area contributed by atoms with E-state index in [1.807, 2.05) is 62.3 Å². The molecule has 2 amide bonds. The largest absolute Gasteiger partial charge is 0.356 e. The average molecular weight is 449 g/mol. The molecule has 1 aliphatic rings. The van der Waals surface area contributed by atoms with E-state index in [0.717, 1.165) is 17.7 Å². The van der Waals surface area contributed by atoms with Crippen LogP contribution in [0.4, 0.5) is 5.95 Å². The standard InChI is InChI=1S/C24H28N6O3/c1-17-12-21(33-27-17)19-13-25-24(28(2)3)26-20(19)15-30(14-18-8-5-4-6-9-18)23(32)16-29-11-7-10-22(29)31/h4-6,8-9,12-13H,7,10-11,14-16H2,1-3H3. The van der Waals surface area contributed by atoms with E-state index in [0.29, 0.717) is 42.5 Å².